The van der Waals surface area contributed by atoms with E-state index in [2.05, 4.69) is 20.8 Å². The molecule has 2 atom stereocenters. The van der Waals surface area contributed by atoms with Gasteiger partial charge < -0.3 is 10.0 Å². The molecule has 0 bridgehead atoms. The highest BCUT2D eigenvalue weighted by atomic mass is 16.3. The van der Waals surface area contributed by atoms with Gasteiger partial charge in [0.15, 0.2) is 0 Å². The van der Waals surface area contributed by atoms with Gasteiger partial charge in [-0.1, -0.05) is 40.0 Å². The fourth-order valence-electron chi connectivity index (χ4n) is 2.65. The summed E-state index contributed by atoms with van der Waals surface area (Å²) in [5, 5.41) is 9.48. The lowest BCUT2D eigenvalue weighted by molar-refractivity contribution is -0.135. The summed E-state index contributed by atoms with van der Waals surface area (Å²) >= 11 is 0. The van der Waals surface area contributed by atoms with Gasteiger partial charge in [-0.25, -0.2) is 0 Å². The van der Waals surface area contributed by atoms with Gasteiger partial charge in [-0.05, 0) is 25.2 Å². The largest absolute Gasteiger partial charge is 0.391 e. The molecule has 0 aromatic heterocycles. The second kappa shape index (κ2) is 7.78. The van der Waals surface area contributed by atoms with Crippen molar-refractivity contribution in [2.24, 2.45) is 11.8 Å². The molecule has 0 spiro atoms. The molecular weight excluding hydrogens is 226 g/mol. The minimum absolute atomic E-state index is 0.169. The molecule has 1 saturated heterocycles. The van der Waals surface area contributed by atoms with Crippen molar-refractivity contribution in [2.45, 2.75) is 65.4 Å². The van der Waals surface area contributed by atoms with Crippen LogP contribution in [0.4, 0.5) is 0 Å². The van der Waals surface area contributed by atoms with E-state index in [1.165, 1.54) is 12.8 Å². The van der Waals surface area contributed by atoms with E-state index in [4.69, 9.17) is 0 Å². The van der Waals surface area contributed by atoms with Gasteiger partial charge in [0.2, 0.25) is 5.91 Å². The molecule has 18 heavy (non-hydrogen) atoms. The van der Waals surface area contributed by atoms with Crippen molar-refractivity contribution < 1.29 is 9.90 Å². The van der Waals surface area contributed by atoms with Crippen molar-refractivity contribution in [3.8, 4) is 0 Å². The average molecular weight is 255 g/mol. The third-order valence-electron chi connectivity index (χ3n) is 3.90. The summed E-state index contributed by atoms with van der Waals surface area (Å²) < 4.78 is 0. The van der Waals surface area contributed by atoms with Gasteiger partial charge >= 0.3 is 0 Å². The number of hydrogen-bond donors (Lipinski definition) is 1. The summed E-state index contributed by atoms with van der Waals surface area (Å²) in [7, 11) is 0. The summed E-state index contributed by atoms with van der Waals surface area (Å²) in [4.78, 5) is 14.1. The number of nitrogens with zero attached hydrogens (tertiary/aromatic N) is 1. The summed E-state index contributed by atoms with van der Waals surface area (Å²) in [6.45, 7) is 7.86. The number of carbonyl (C=O) groups is 1. The first-order chi connectivity index (χ1) is 8.54. The molecule has 0 radical (unpaired) electrons. The lowest BCUT2D eigenvalue weighted by atomic mass is 9.95. The molecule has 0 aliphatic carbocycles. The average Bonchev–Trinajstić information content (AvgIpc) is 2.75. The monoisotopic (exact) mass is 255 g/mol. The summed E-state index contributed by atoms with van der Waals surface area (Å²) in [5.74, 6) is 1.19. The smallest absolute Gasteiger partial charge is 0.225 e. The van der Waals surface area contributed by atoms with Crippen molar-refractivity contribution in [2.75, 3.05) is 13.1 Å². The van der Waals surface area contributed by atoms with Crippen LogP contribution in [0.2, 0.25) is 0 Å². The van der Waals surface area contributed by atoms with Gasteiger partial charge in [0.1, 0.15) is 0 Å². The predicted octanol–water partition coefficient (Wildman–Crippen LogP) is 2.82. The Morgan fingerprint density at radius 1 is 1.33 bits per heavy atom. The summed E-state index contributed by atoms with van der Waals surface area (Å²) in [6.07, 6.45) is 6.01. The van der Waals surface area contributed by atoms with Crippen LogP contribution in [0.5, 0.6) is 0 Å². The molecule has 1 fully saturated rings. The van der Waals surface area contributed by atoms with Crippen LogP contribution in [-0.2, 0) is 4.79 Å². The van der Waals surface area contributed by atoms with E-state index in [0.29, 0.717) is 6.54 Å². The van der Waals surface area contributed by atoms with Crippen molar-refractivity contribution in [1.82, 2.24) is 4.90 Å². The standard InChI is InChI=1S/C15H29NO2/c1-4-13(8-6-5-7-12(2)3)15(18)16-10-9-14(17)11-16/h12-14,17H,4-11H2,1-3H3. The maximum atomic E-state index is 12.3. The van der Waals surface area contributed by atoms with E-state index in [-0.39, 0.29) is 17.9 Å². The number of rotatable bonds is 7. The van der Waals surface area contributed by atoms with Crippen LogP contribution >= 0.6 is 0 Å². The van der Waals surface area contributed by atoms with Gasteiger partial charge in [0.05, 0.1) is 6.10 Å². The number of amides is 1. The van der Waals surface area contributed by atoms with E-state index in [1.54, 1.807) is 0 Å². The van der Waals surface area contributed by atoms with Crippen LogP contribution in [0, 0.1) is 11.8 Å². The van der Waals surface area contributed by atoms with Gasteiger partial charge in [0, 0.05) is 19.0 Å². The zero-order valence-electron chi connectivity index (χ0n) is 12.2. The zero-order chi connectivity index (χ0) is 13.5. The first kappa shape index (κ1) is 15.5. The van der Waals surface area contributed by atoms with Gasteiger partial charge in [0.25, 0.3) is 0 Å². The molecule has 1 amide bonds. The summed E-state index contributed by atoms with van der Waals surface area (Å²) in [6, 6.07) is 0. The molecule has 1 rings (SSSR count). The third-order valence-corrected chi connectivity index (χ3v) is 3.90. The molecule has 1 N–H and O–H groups in total. The second-order valence-corrected chi connectivity index (χ2v) is 6.01. The Labute approximate surface area is 112 Å². The molecule has 1 heterocycles. The normalized spacial score (nSPS) is 21.6. The molecule has 0 saturated carbocycles. The molecule has 1 aliphatic rings. The number of likely N-dealkylation sites (tertiary alicyclic amines) is 1. The summed E-state index contributed by atoms with van der Waals surface area (Å²) in [5.41, 5.74) is 0. The third kappa shape index (κ3) is 4.97. The first-order valence-electron chi connectivity index (χ1n) is 7.51. The molecule has 2 unspecified atom stereocenters. The fourth-order valence-corrected chi connectivity index (χ4v) is 2.65. The van der Waals surface area contributed by atoms with Crippen molar-refractivity contribution in [3.05, 3.63) is 0 Å². The molecule has 106 valence electrons. The maximum absolute atomic E-state index is 12.3. The minimum Gasteiger partial charge on any atom is -0.391 e. The van der Waals surface area contributed by atoms with E-state index in [1.807, 2.05) is 4.90 Å². The van der Waals surface area contributed by atoms with Crippen LogP contribution in [0.15, 0.2) is 0 Å². The minimum atomic E-state index is -0.299. The van der Waals surface area contributed by atoms with Gasteiger partial charge in [-0.15, -0.1) is 0 Å². The Balaban J connectivity index is 2.29. The van der Waals surface area contributed by atoms with Crippen LogP contribution in [0.3, 0.4) is 0 Å². The zero-order valence-corrected chi connectivity index (χ0v) is 12.2. The first-order valence-corrected chi connectivity index (χ1v) is 7.51. The van der Waals surface area contributed by atoms with Crippen molar-refractivity contribution in [1.29, 1.82) is 0 Å². The number of β-amino-alcohol motifs (C(OH)–C–C–N with tert-alkyl or cyclic N) is 1. The Hall–Kier alpha value is -0.570. The van der Waals surface area contributed by atoms with Crippen LogP contribution in [0.1, 0.15) is 59.3 Å². The maximum Gasteiger partial charge on any atom is 0.225 e. The number of aliphatic hydroxyl groups is 1. The van der Waals surface area contributed by atoms with E-state index in [0.717, 1.165) is 38.1 Å². The van der Waals surface area contributed by atoms with Crippen LogP contribution in [-0.4, -0.2) is 35.1 Å². The lowest BCUT2D eigenvalue weighted by Crippen LogP contribution is -2.34. The Morgan fingerprint density at radius 2 is 2.00 bits per heavy atom. The molecule has 0 aromatic rings. The van der Waals surface area contributed by atoms with E-state index in [9.17, 15) is 9.90 Å². The topological polar surface area (TPSA) is 40.5 Å². The highest BCUT2D eigenvalue weighted by Gasteiger charge is 2.28. The number of hydrogen-bond acceptors (Lipinski definition) is 2. The van der Waals surface area contributed by atoms with E-state index < -0.39 is 0 Å². The number of carbonyl (C=O) groups excluding carboxylic acids is 1. The highest BCUT2D eigenvalue weighted by molar-refractivity contribution is 5.79. The quantitative estimate of drug-likeness (QED) is 0.711. The fraction of sp³-hybridized carbons (Fsp3) is 0.933. The molecular formula is C15H29NO2. The number of unbranched alkanes of at least 4 members (excludes halogenated alkanes) is 1. The predicted molar refractivity (Wildman–Crippen MR) is 74.3 cm³/mol. The Morgan fingerprint density at radius 3 is 2.50 bits per heavy atom. The molecule has 3 heteroatoms. The lowest BCUT2D eigenvalue weighted by Gasteiger charge is -2.22. The number of aliphatic hydroxyl groups excluding tert-OH is 1. The Kier molecular flexibility index (Phi) is 6.69. The van der Waals surface area contributed by atoms with Crippen molar-refractivity contribution >= 4 is 5.91 Å². The molecule has 1 aliphatic heterocycles. The molecule has 0 aromatic carbocycles. The van der Waals surface area contributed by atoms with Crippen LogP contribution < -0.4 is 0 Å². The van der Waals surface area contributed by atoms with Crippen molar-refractivity contribution in [3.63, 3.8) is 0 Å². The Bertz CT molecular complexity index is 253. The van der Waals surface area contributed by atoms with E-state index >= 15 is 0 Å². The van der Waals surface area contributed by atoms with Crippen LogP contribution in [0.25, 0.3) is 0 Å². The SMILES string of the molecule is CCC(CCCCC(C)C)C(=O)N1CCC(O)C1. The highest BCUT2D eigenvalue weighted by Crippen LogP contribution is 2.20. The second-order valence-electron chi connectivity index (χ2n) is 6.01. The van der Waals surface area contributed by atoms with Gasteiger partial charge in [-0.2, -0.15) is 0 Å². The van der Waals surface area contributed by atoms with Gasteiger partial charge in [-0.3, -0.25) is 4.79 Å². The molecule has 3 nitrogen and oxygen atoms in total.